The maximum absolute atomic E-state index is 12.0. The second-order valence-corrected chi connectivity index (χ2v) is 6.78. The second-order valence-electron chi connectivity index (χ2n) is 6.78. The minimum absolute atomic E-state index is 0.0535. The van der Waals surface area contributed by atoms with Crippen LogP contribution in [-0.2, 0) is 0 Å². The maximum atomic E-state index is 12.0. The molecule has 3 heterocycles. The van der Waals surface area contributed by atoms with Gasteiger partial charge in [0.05, 0.1) is 6.04 Å². The number of aryl methyl sites for hydroxylation is 1. The molecule has 1 N–H and O–H groups in total. The number of anilines is 2. The highest BCUT2D eigenvalue weighted by Crippen LogP contribution is 2.23. The topological polar surface area (TPSA) is 75.9 Å². The molecule has 1 aliphatic heterocycles. The van der Waals surface area contributed by atoms with E-state index in [1.165, 1.54) is 6.42 Å². The molecule has 134 valence electrons. The Morgan fingerprint density at radius 2 is 2.12 bits per heavy atom. The van der Waals surface area contributed by atoms with Crippen LogP contribution in [0, 0.1) is 6.92 Å². The van der Waals surface area contributed by atoms with Gasteiger partial charge in [0.25, 0.3) is 5.56 Å². The molecule has 2 aromatic heterocycles. The molecule has 0 amide bonds. The fourth-order valence-corrected chi connectivity index (χ4v) is 3.23. The molecule has 2 aromatic rings. The van der Waals surface area contributed by atoms with Crippen LogP contribution in [0.4, 0.5) is 11.6 Å². The molecule has 0 aromatic carbocycles. The van der Waals surface area contributed by atoms with Crippen LogP contribution in [0.2, 0.25) is 0 Å². The Labute approximate surface area is 148 Å². The van der Waals surface area contributed by atoms with Crippen molar-refractivity contribution in [2.45, 2.75) is 52.1 Å². The molecule has 1 unspecified atom stereocenters. The van der Waals surface area contributed by atoms with E-state index in [0.29, 0.717) is 6.04 Å². The predicted octanol–water partition coefficient (Wildman–Crippen LogP) is 2.39. The van der Waals surface area contributed by atoms with Crippen LogP contribution < -0.4 is 15.8 Å². The molecule has 1 saturated heterocycles. The summed E-state index contributed by atoms with van der Waals surface area (Å²) in [7, 11) is 0. The first-order valence-corrected chi connectivity index (χ1v) is 8.94. The van der Waals surface area contributed by atoms with Crippen LogP contribution in [0.25, 0.3) is 0 Å². The lowest BCUT2D eigenvalue weighted by molar-refractivity contribution is 0.451. The van der Waals surface area contributed by atoms with E-state index in [4.69, 9.17) is 0 Å². The van der Waals surface area contributed by atoms with Crippen LogP contribution in [-0.4, -0.2) is 38.9 Å². The van der Waals surface area contributed by atoms with Gasteiger partial charge in [0.15, 0.2) is 0 Å². The van der Waals surface area contributed by atoms with Crippen LogP contribution in [0.3, 0.4) is 0 Å². The number of nitrogens with zero attached hydrogens (tertiary/aromatic N) is 5. The molecular formula is C18H26N6O. The number of rotatable bonds is 5. The third-order valence-corrected chi connectivity index (χ3v) is 4.52. The minimum atomic E-state index is -0.0538. The van der Waals surface area contributed by atoms with Crippen molar-refractivity contribution in [3.05, 3.63) is 40.6 Å². The van der Waals surface area contributed by atoms with Crippen molar-refractivity contribution in [3.63, 3.8) is 0 Å². The Balaban J connectivity index is 1.77. The Kier molecular flexibility index (Phi) is 5.31. The molecule has 7 nitrogen and oxygen atoms in total. The standard InChI is InChI=1S/C18H26N6O/c1-13(2)24-18(25)8-7-17(22-24)23-11-5-4-6-15(23)12-20-16-9-10-19-14(3)21-16/h7-10,13,15H,4-6,11-12H2,1-3H3,(H,19,20,21). The quantitative estimate of drug-likeness (QED) is 0.899. The summed E-state index contributed by atoms with van der Waals surface area (Å²) in [6, 6.07) is 5.73. The fraction of sp³-hybridized carbons (Fsp3) is 0.556. The summed E-state index contributed by atoms with van der Waals surface area (Å²) in [5, 5.41) is 8.01. The zero-order chi connectivity index (χ0) is 17.8. The first kappa shape index (κ1) is 17.4. The summed E-state index contributed by atoms with van der Waals surface area (Å²) in [6.45, 7) is 7.59. The van der Waals surface area contributed by atoms with Crippen molar-refractivity contribution < 1.29 is 0 Å². The van der Waals surface area contributed by atoms with Gasteiger partial charge < -0.3 is 10.2 Å². The first-order chi connectivity index (χ1) is 12.0. The van der Waals surface area contributed by atoms with Crippen molar-refractivity contribution in [1.82, 2.24) is 19.7 Å². The van der Waals surface area contributed by atoms with Crippen molar-refractivity contribution in [2.24, 2.45) is 0 Å². The van der Waals surface area contributed by atoms with Gasteiger partial charge in [0.2, 0.25) is 0 Å². The molecular weight excluding hydrogens is 316 g/mol. The van der Waals surface area contributed by atoms with Crippen molar-refractivity contribution in [1.29, 1.82) is 0 Å². The summed E-state index contributed by atoms with van der Waals surface area (Å²) in [6.07, 6.45) is 5.21. The molecule has 0 aliphatic carbocycles. The fourth-order valence-electron chi connectivity index (χ4n) is 3.23. The SMILES string of the molecule is Cc1nccc(NCC2CCCCN2c2ccc(=O)n(C(C)C)n2)n1. The predicted molar refractivity (Wildman–Crippen MR) is 99.1 cm³/mol. The monoisotopic (exact) mass is 342 g/mol. The molecule has 1 atom stereocenters. The summed E-state index contributed by atoms with van der Waals surface area (Å²) in [5.41, 5.74) is -0.0538. The first-order valence-electron chi connectivity index (χ1n) is 8.94. The lowest BCUT2D eigenvalue weighted by Crippen LogP contribution is -2.45. The third-order valence-electron chi connectivity index (χ3n) is 4.52. The largest absolute Gasteiger partial charge is 0.368 e. The van der Waals surface area contributed by atoms with Crippen LogP contribution in [0.5, 0.6) is 0 Å². The Bertz CT molecular complexity index is 772. The summed E-state index contributed by atoms with van der Waals surface area (Å²) in [4.78, 5) is 22.8. The third kappa shape index (κ3) is 4.15. The van der Waals surface area contributed by atoms with Crippen LogP contribution in [0.15, 0.2) is 29.2 Å². The molecule has 7 heteroatoms. The molecule has 0 bridgehead atoms. The smallest absolute Gasteiger partial charge is 0.267 e. The number of hydrogen-bond acceptors (Lipinski definition) is 6. The van der Waals surface area contributed by atoms with Gasteiger partial charge in [-0.3, -0.25) is 4.79 Å². The van der Waals surface area contributed by atoms with Gasteiger partial charge in [-0.05, 0) is 52.2 Å². The Morgan fingerprint density at radius 3 is 2.88 bits per heavy atom. The molecule has 1 fully saturated rings. The van der Waals surface area contributed by atoms with Gasteiger partial charge in [-0.1, -0.05) is 0 Å². The highest BCUT2D eigenvalue weighted by atomic mass is 16.1. The zero-order valence-electron chi connectivity index (χ0n) is 15.1. The van der Waals surface area contributed by atoms with E-state index in [2.05, 4.69) is 25.3 Å². The molecule has 0 radical (unpaired) electrons. The normalized spacial score (nSPS) is 17.8. The zero-order valence-corrected chi connectivity index (χ0v) is 15.1. The van der Waals surface area contributed by atoms with E-state index in [9.17, 15) is 4.79 Å². The van der Waals surface area contributed by atoms with Crippen LogP contribution in [0.1, 0.15) is 45.0 Å². The van der Waals surface area contributed by atoms with E-state index < -0.39 is 0 Å². The lowest BCUT2D eigenvalue weighted by atomic mass is 10.0. The summed E-state index contributed by atoms with van der Waals surface area (Å²) >= 11 is 0. The van der Waals surface area contributed by atoms with E-state index >= 15 is 0 Å². The maximum Gasteiger partial charge on any atom is 0.267 e. The van der Waals surface area contributed by atoms with Gasteiger partial charge in [0, 0.05) is 31.4 Å². The lowest BCUT2D eigenvalue weighted by Gasteiger charge is -2.37. The van der Waals surface area contributed by atoms with E-state index in [-0.39, 0.29) is 11.6 Å². The van der Waals surface area contributed by atoms with Crippen molar-refractivity contribution >= 4 is 11.6 Å². The van der Waals surface area contributed by atoms with Gasteiger partial charge in [0.1, 0.15) is 17.5 Å². The van der Waals surface area contributed by atoms with Crippen molar-refractivity contribution in [2.75, 3.05) is 23.3 Å². The number of aromatic nitrogens is 4. The molecule has 1 aliphatic rings. The molecule has 0 saturated carbocycles. The van der Waals surface area contributed by atoms with E-state index in [1.807, 2.05) is 32.9 Å². The molecule has 0 spiro atoms. The van der Waals surface area contributed by atoms with Crippen LogP contribution >= 0.6 is 0 Å². The van der Waals surface area contributed by atoms with E-state index in [1.54, 1.807) is 16.9 Å². The Hall–Kier alpha value is -2.44. The molecule has 3 rings (SSSR count). The summed E-state index contributed by atoms with van der Waals surface area (Å²) in [5.74, 6) is 2.48. The summed E-state index contributed by atoms with van der Waals surface area (Å²) < 4.78 is 1.56. The van der Waals surface area contributed by atoms with E-state index in [0.717, 1.165) is 43.4 Å². The highest BCUT2D eigenvalue weighted by molar-refractivity contribution is 5.41. The van der Waals surface area contributed by atoms with Gasteiger partial charge >= 0.3 is 0 Å². The number of hydrogen-bond donors (Lipinski definition) is 1. The second kappa shape index (κ2) is 7.63. The Morgan fingerprint density at radius 1 is 1.28 bits per heavy atom. The van der Waals surface area contributed by atoms with Gasteiger partial charge in [-0.15, -0.1) is 0 Å². The van der Waals surface area contributed by atoms with Crippen molar-refractivity contribution in [3.8, 4) is 0 Å². The minimum Gasteiger partial charge on any atom is -0.368 e. The number of nitrogens with one attached hydrogen (secondary N) is 1. The molecule has 25 heavy (non-hydrogen) atoms. The number of piperidine rings is 1. The van der Waals surface area contributed by atoms with Gasteiger partial charge in [-0.2, -0.15) is 5.10 Å². The highest BCUT2D eigenvalue weighted by Gasteiger charge is 2.24. The average Bonchev–Trinajstić information content (AvgIpc) is 2.60. The average molecular weight is 342 g/mol. The van der Waals surface area contributed by atoms with Gasteiger partial charge in [-0.25, -0.2) is 14.6 Å².